The highest BCUT2D eigenvalue weighted by molar-refractivity contribution is 6.32. The lowest BCUT2D eigenvalue weighted by Gasteiger charge is -2.12. The van der Waals surface area contributed by atoms with Crippen molar-refractivity contribution in [1.82, 2.24) is 20.6 Å². The van der Waals surface area contributed by atoms with Crippen LogP contribution < -0.4 is 0 Å². The van der Waals surface area contributed by atoms with Crippen molar-refractivity contribution in [3.8, 4) is 0 Å². The Kier molecular flexibility index (Phi) is 2.70. The molecule has 1 N–H and O–H groups in total. The number of nitrogens with zero attached hydrogens (tertiary/aromatic N) is 3. The first-order valence-corrected chi connectivity index (χ1v) is 7.54. The van der Waals surface area contributed by atoms with Gasteiger partial charge in [0.1, 0.15) is 0 Å². The van der Waals surface area contributed by atoms with Crippen LogP contribution >= 0.6 is 11.6 Å². The summed E-state index contributed by atoms with van der Waals surface area (Å²) in [5, 5.41) is 14.6. The van der Waals surface area contributed by atoms with E-state index in [2.05, 4.69) is 27.5 Å². The summed E-state index contributed by atoms with van der Waals surface area (Å²) >= 11 is 6.37. The number of carbonyl (C=O) groups excluding carboxylic acids is 1. The molecule has 0 amide bonds. The van der Waals surface area contributed by atoms with E-state index in [4.69, 9.17) is 11.6 Å². The number of halogens is 1. The normalized spacial score (nSPS) is 25.6. The highest BCUT2D eigenvalue weighted by Gasteiger charge is 2.47. The van der Waals surface area contributed by atoms with E-state index in [1.165, 1.54) is 12.8 Å². The Morgan fingerprint density at radius 1 is 1.43 bits per heavy atom. The molecule has 2 atom stereocenters. The van der Waals surface area contributed by atoms with Crippen LogP contribution in [0, 0.1) is 5.92 Å². The molecule has 0 unspecified atom stereocenters. The van der Waals surface area contributed by atoms with Crippen molar-refractivity contribution in [2.45, 2.75) is 37.5 Å². The summed E-state index contributed by atoms with van der Waals surface area (Å²) < 4.78 is 0. The summed E-state index contributed by atoms with van der Waals surface area (Å²) in [6.07, 6.45) is 3.13. The van der Waals surface area contributed by atoms with Crippen molar-refractivity contribution in [3.05, 3.63) is 40.2 Å². The number of tetrazole rings is 1. The van der Waals surface area contributed by atoms with Gasteiger partial charge in [-0.15, -0.1) is 10.2 Å². The fourth-order valence-electron chi connectivity index (χ4n) is 2.93. The molecule has 0 saturated heterocycles. The second kappa shape index (κ2) is 4.37. The number of Topliss-reactive ketones (excluding diaryl/α,β-unsaturated/α-hetero) is 1. The zero-order valence-electron chi connectivity index (χ0n) is 11.6. The van der Waals surface area contributed by atoms with Crippen LogP contribution in [0.25, 0.3) is 0 Å². The zero-order chi connectivity index (χ0) is 14.6. The lowest BCUT2D eigenvalue weighted by atomic mass is 9.95. The Morgan fingerprint density at radius 2 is 2.24 bits per heavy atom. The second-order valence-corrected chi connectivity index (χ2v) is 6.75. The Hall–Kier alpha value is -1.75. The molecule has 5 nitrogen and oxygen atoms in total. The fraction of sp³-hybridized carbons (Fsp3) is 0.467. The number of rotatable bonds is 4. The number of aromatic nitrogens is 4. The molecule has 0 radical (unpaired) electrons. The first-order chi connectivity index (χ1) is 10.1. The van der Waals surface area contributed by atoms with Crippen molar-refractivity contribution in [3.63, 3.8) is 0 Å². The molecular weight excluding hydrogens is 288 g/mol. The third-order valence-electron chi connectivity index (χ3n) is 4.72. The van der Waals surface area contributed by atoms with Gasteiger partial charge in [0.15, 0.2) is 11.6 Å². The minimum atomic E-state index is -0.0407. The van der Waals surface area contributed by atoms with Gasteiger partial charge in [-0.25, -0.2) is 0 Å². The van der Waals surface area contributed by atoms with Crippen LogP contribution in [0.4, 0.5) is 0 Å². The molecule has 1 aromatic carbocycles. The van der Waals surface area contributed by atoms with Gasteiger partial charge < -0.3 is 0 Å². The van der Waals surface area contributed by atoms with Crippen LogP contribution in [-0.4, -0.2) is 26.4 Å². The van der Waals surface area contributed by atoms with Gasteiger partial charge in [-0.2, -0.15) is 5.21 Å². The average molecular weight is 303 g/mol. The SMILES string of the molecule is CC1(c2ccc(C(=O)[C@H]3C[C@@H]3c3nn[nH]n3)cc2Cl)CC1. The van der Waals surface area contributed by atoms with E-state index in [-0.39, 0.29) is 23.0 Å². The van der Waals surface area contributed by atoms with E-state index in [1.807, 2.05) is 18.2 Å². The summed E-state index contributed by atoms with van der Waals surface area (Å²) in [5.74, 6) is 0.803. The van der Waals surface area contributed by atoms with Crippen molar-refractivity contribution in [1.29, 1.82) is 0 Å². The average Bonchev–Trinajstić information content (AvgIpc) is 3.37. The van der Waals surface area contributed by atoms with Crippen LogP contribution in [0.2, 0.25) is 5.02 Å². The quantitative estimate of drug-likeness (QED) is 0.882. The minimum absolute atomic E-state index is 0.0407. The van der Waals surface area contributed by atoms with Gasteiger partial charge in [0.2, 0.25) is 0 Å². The van der Waals surface area contributed by atoms with Crippen molar-refractivity contribution >= 4 is 17.4 Å². The van der Waals surface area contributed by atoms with Gasteiger partial charge >= 0.3 is 0 Å². The van der Waals surface area contributed by atoms with E-state index in [0.717, 1.165) is 12.0 Å². The monoisotopic (exact) mass is 302 g/mol. The highest BCUT2D eigenvalue weighted by atomic mass is 35.5. The van der Waals surface area contributed by atoms with Crippen molar-refractivity contribution in [2.75, 3.05) is 0 Å². The molecule has 2 aliphatic rings. The number of H-pyrrole nitrogens is 1. The summed E-state index contributed by atoms with van der Waals surface area (Å²) in [7, 11) is 0. The molecule has 2 fully saturated rings. The first-order valence-electron chi connectivity index (χ1n) is 7.16. The van der Waals surface area contributed by atoms with Crippen LogP contribution in [-0.2, 0) is 5.41 Å². The van der Waals surface area contributed by atoms with E-state index >= 15 is 0 Å². The van der Waals surface area contributed by atoms with Gasteiger partial charge in [0.05, 0.1) is 0 Å². The lowest BCUT2D eigenvalue weighted by molar-refractivity contribution is 0.0965. The molecule has 2 aliphatic carbocycles. The second-order valence-electron chi connectivity index (χ2n) is 6.34. The molecule has 4 rings (SSSR count). The third-order valence-corrected chi connectivity index (χ3v) is 5.04. The van der Waals surface area contributed by atoms with E-state index in [9.17, 15) is 4.79 Å². The molecule has 1 aromatic heterocycles. The van der Waals surface area contributed by atoms with Crippen molar-refractivity contribution < 1.29 is 4.79 Å². The molecule has 1 heterocycles. The molecule has 108 valence electrons. The van der Waals surface area contributed by atoms with E-state index in [1.54, 1.807) is 0 Å². The predicted molar refractivity (Wildman–Crippen MR) is 77.4 cm³/mol. The number of aromatic amines is 1. The zero-order valence-corrected chi connectivity index (χ0v) is 12.4. The van der Waals surface area contributed by atoms with Crippen LogP contribution in [0.1, 0.15) is 53.8 Å². The number of carbonyl (C=O) groups is 1. The van der Waals surface area contributed by atoms with Gasteiger partial charge in [0, 0.05) is 22.4 Å². The fourth-order valence-corrected chi connectivity index (χ4v) is 3.33. The van der Waals surface area contributed by atoms with Gasteiger partial charge in [-0.05, 0) is 36.3 Å². The van der Waals surface area contributed by atoms with Crippen LogP contribution in [0.3, 0.4) is 0 Å². The summed E-state index contributed by atoms with van der Waals surface area (Å²) in [6.45, 7) is 2.21. The number of nitrogens with one attached hydrogen (secondary N) is 1. The Balaban J connectivity index is 1.55. The Bertz CT molecular complexity index is 708. The molecule has 2 saturated carbocycles. The number of hydrogen-bond donors (Lipinski definition) is 1. The first kappa shape index (κ1) is 13.0. The minimum Gasteiger partial charge on any atom is -0.294 e. The largest absolute Gasteiger partial charge is 0.294 e. The number of ketones is 1. The molecule has 6 heteroatoms. The summed E-state index contributed by atoms with van der Waals surface area (Å²) in [5.41, 5.74) is 2.06. The molecule has 0 bridgehead atoms. The third kappa shape index (κ3) is 2.16. The molecular formula is C15H15ClN4O. The predicted octanol–water partition coefficient (Wildman–Crippen LogP) is 2.89. The summed E-state index contributed by atoms with van der Waals surface area (Å²) in [4.78, 5) is 12.5. The lowest BCUT2D eigenvalue weighted by Crippen LogP contribution is -2.06. The highest BCUT2D eigenvalue weighted by Crippen LogP contribution is 2.51. The standard InChI is InChI=1S/C15H15ClN4O/c1-15(4-5-15)11-3-2-8(6-12(11)16)13(21)9-7-10(9)14-17-19-20-18-14/h2-3,6,9-10H,4-5,7H2,1H3,(H,17,18,19,20)/t9-,10-/m0/s1. The van der Waals surface area contributed by atoms with Crippen LogP contribution in [0.5, 0.6) is 0 Å². The van der Waals surface area contributed by atoms with Gasteiger partial charge in [-0.3, -0.25) is 4.79 Å². The summed E-state index contributed by atoms with van der Waals surface area (Å²) in [6, 6.07) is 5.72. The smallest absolute Gasteiger partial charge is 0.178 e. The van der Waals surface area contributed by atoms with E-state index in [0.29, 0.717) is 16.4 Å². The molecule has 21 heavy (non-hydrogen) atoms. The van der Waals surface area contributed by atoms with Crippen molar-refractivity contribution in [2.24, 2.45) is 5.92 Å². The van der Waals surface area contributed by atoms with E-state index < -0.39 is 0 Å². The van der Waals surface area contributed by atoms with Gasteiger partial charge in [-0.1, -0.05) is 35.9 Å². The number of benzene rings is 1. The molecule has 0 aliphatic heterocycles. The maximum Gasteiger partial charge on any atom is 0.178 e. The Morgan fingerprint density at radius 3 is 2.86 bits per heavy atom. The Labute approximate surface area is 127 Å². The molecule has 0 spiro atoms. The van der Waals surface area contributed by atoms with Crippen LogP contribution in [0.15, 0.2) is 18.2 Å². The maximum atomic E-state index is 12.5. The maximum absolute atomic E-state index is 12.5. The van der Waals surface area contributed by atoms with Gasteiger partial charge in [0.25, 0.3) is 0 Å². The molecule has 2 aromatic rings. The topological polar surface area (TPSA) is 71.5 Å². The number of hydrogen-bond acceptors (Lipinski definition) is 4.